The molecule has 0 saturated carbocycles. The van der Waals surface area contributed by atoms with Crippen molar-refractivity contribution in [1.82, 2.24) is 4.90 Å². The monoisotopic (exact) mass is 288 g/mol. The van der Waals surface area contributed by atoms with Gasteiger partial charge in [-0.25, -0.2) is 0 Å². The highest BCUT2D eigenvalue weighted by atomic mass is 35.5. The third kappa shape index (κ3) is 3.39. The summed E-state index contributed by atoms with van der Waals surface area (Å²) in [5.41, 5.74) is 6.92. The molecule has 0 heterocycles. The number of rotatable bonds is 5. The zero-order valence-electron chi connectivity index (χ0n) is 11.5. The zero-order valence-corrected chi connectivity index (χ0v) is 13.0. The molecule has 2 unspecified atom stereocenters. The molecule has 0 saturated heterocycles. The van der Waals surface area contributed by atoms with Crippen molar-refractivity contribution in [3.8, 4) is 0 Å². The number of nitrogens with two attached hydrogens (primary N) is 1. The molecule has 0 fully saturated rings. The average molecular weight is 289 g/mol. The first kappa shape index (κ1) is 15.8. The van der Waals surface area contributed by atoms with Crippen molar-refractivity contribution in [2.24, 2.45) is 11.7 Å². The third-order valence-corrected chi connectivity index (χ3v) is 4.50. The Morgan fingerprint density at radius 1 is 1.22 bits per heavy atom. The van der Waals surface area contributed by atoms with Gasteiger partial charge in [0.25, 0.3) is 0 Å². The summed E-state index contributed by atoms with van der Waals surface area (Å²) in [4.78, 5) is 2.27. The van der Waals surface area contributed by atoms with E-state index < -0.39 is 0 Å². The van der Waals surface area contributed by atoms with Gasteiger partial charge in [0.2, 0.25) is 0 Å². The minimum Gasteiger partial charge on any atom is -0.329 e. The second kappa shape index (κ2) is 6.76. The van der Waals surface area contributed by atoms with Crippen LogP contribution in [-0.2, 0) is 0 Å². The Bertz CT molecular complexity index is 393. The number of hydrogen-bond donors (Lipinski definition) is 1. The van der Waals surface area contributed by atoms with Crippen LogP contribution >= 0.6 is 23.2 Å². The SMILES string of the molecule is CC(C)C(C)N(C)C(CN)c1cccc(Cl)c1Cl. The van der Waals surface area contributed by atoms with Gasteiger partial charge in [0.15, 0.2) is 0 Å². The lowest BCUT2D eigenvalue weighted by atomic mass is 9.99. The Hall–Kier alpha value is -0.280. The molecule has 0 aliphatic rings. The van der Waals surface area contributed by atoms with E-state index in [-0.39, 0.29) is 6.04 Å². The smallest absolute Gasteiger partial charge is 0.0640 e. The maximum Gasteiger partial charge on any atom is 0.0640 e. The van der Waals surface area contributed by atoms with E-state index in [1.807, 2.05) is 12.1 Å². The maximum absolute atomic E-state index is 6.28. The quantitative estimate of drug-likeness (QED) is 0.888. The molecule has 2 N–H and O–H groups in total. The minimum atomic E-state index is 0.0913. The Labute approximate surface area is 120 Å². The van der Waals surface area contributed by atoms with Crippen LogP contribution in [0, 0.1) is 5.92 Å². The molecule has 0 spiro atoms. The van der Waals surface area contributed by atoms with Gasteiger partial charge in [-0.3, -0.25) is 4.90 Å². The van der Waals surface area contributed by atoms with Gasteiger partial charge in [-0.2, -0.15) is 0 Å². The Morgan fingerprint density at radius 3 is 2.33 bits per heavy atom. The number of benzene rings is 1. The summed E-state index contributed by atoms with van der Waals surface area (Å²) < 4.78 is 0. The van der Waals surface area contributed by atoms with Gasteiger partial charge >= 0.3 is 0 Å². The van der Waals surface area contributed by atoms with Crippen LogP contribution in [0.2, 0.25) is 10.0 Å². The minimum absolute atomic E-state index is 0.0913. The molecule has 102 valence electrons. The third-order valence-electron chi connectivity index (χ3n) is 3.66. The van der Waals surface area contributed by atoms with Crippen molar-refractivity contribution in [1.29, 1.82) is 0 Å². The van der Waals surface area contributed by atoms with E-state index in [0.717, 1.165) is 5.56 Å². The Morgan fingerprint density at radius 2 is 1.83 bits per heavy atom. The summed E-state index contributed by atoms with van der Waals surface area (Å²) in [6.07, 6.45) is 0. The highest BCUT2D eigenvalue weighted by molar-refractivity contribution is 6.42. The predicted molar refractivity (Wildman–Crippen MR) is 80.3 cm³/mol. The summed E-state index contributed by atoms with van der Waals surface area (Å²) in [6.45, 7) is 7.13. The van der Waals surface area contributed by atoms with Crippen molar-refractivity contribution in [2.45, 2.75) is 32.9 Å². The van der Waals surface area contributed by atoms with Gasteiger partial charge in [-0.05, 0) is 31.5 Å². The van der Waals surface area contributed by atoms with E-state index >= 15 is 0 Å². The summed E-state index contributed by atoms with van der Waals surface area (Å²) >= 11 is 12.4. The molecule has 0 aromatic heterocycles. The lowest BCUT2D eigenvalue weighted by Crippen LogP contribution is -2.39. The molecule has 0 bridgehead atoms. The summed E-state index contributed by atoms with van der Waals surface area (Å²) in [6, 6.07) is 6.23. The van der Waals surface area contributed by atoms with Crippen molar-refractivity contribution in [2.75, 3.05) is 13.6 Å². The van der Waals surface area contributed by atoms with E-state index in [1.165, 1.54) is 0 Å². The fourth-order valence-corrected chi connectivity index (χ4v) is 2.48. The van der Waals surface area contributed by atoms with Crippen molar-refractivity contribution >= 4 is 23.2 Å². The fourth-order valence-electron chi connectivity index (χ4n) is 2.04. The second-order valence-corrected chi connectivity index (χ2v) is 5.83. The molecule has 2 atom stereocenters. The molecule has 0 amide bonds. The highest BCUT2D eigenvalue weighted by Crippen LogP contribution is 2.33. The summed E-state index contributed by atoms with van der Waals surface area (Å²) in [5, 5.41) is 1.19. The predicted octanol–water partition coefficient (Wildman–Crippen LogP) is 3.97. The molecular weight excluding hydrogens is 267 g/mol. The van der Waals surface area contributed by atoms with Gasteiger partial charge < -0.3 is 5.73 Å². The van der Waals surface area contributed by atoms with Gasteiger partial charge in [0.1, 0.15) is 0 Å². The van der Waals surface area contributed by atoms with E-state index in [2.05, 4.69) is 32.7 Å². The number of likely N-dealkylation sites (N-methyl/N-ethyl adjacent to an activating group) is 1. The summed E-state index contributed by atoms with van der Waals surface area (Å²) in [5.74, 6) is 0.557. The molecule has 0 aliphatic carbocycles. The van der Waals surface area contributed by atoms with E-state index in [9.17, 15) is 0 Å². The normalized spacial score (nSPS) is 15.2. The molecule has 2 nitrogen and oxygen atoms in total. The number of nitrogens with zero attached hydrogens (tertiary/aromatic N) is 1. The van der Waals surface area contributed by atoms with Crippen molar-refractivity contribution in [3.05, 3.63) is 33.8 Å². The molecule has 1 aromatic carbocycles. The first-order chi connectivity index (χ1) is 8.40. The lowest BCUT2D eigenvalue weighted by molar-refractivity contribution is 0.152. The van der Waals surface area contributed by atoms with Gasteiger partial charge in [-0.15, -0.1) is 0 Å². The molecule has 0 aliphatic heterocycles. The Kier molecular flexibility index (Phi) is 5.93. The second-order valence-electron chi connectivity index (χ2n) is 5.04. The van der Waals surface area contributed by atoms with Crippen LogP contribution in [0.5, 0.6) is 0 Å². The van der Waals surface area contributed by atoms with Crippen LogP contribution in [-0.4, -0.2) is 24.5 Å². The first-order valence-electron chi connectivity index (χ1n) is 6.26. The van der Waals surface area contributed by atoms with Crippen LogP contribution < -0.4 is 5.73 Å². The molecule has 4 heteroatoms. The van der Waals surface area contributed by atoms with E-state index in [4.69, 9.17) is 28.9 Å². The Balaban J connectivity index is 3.06. The summed E-state index contributed by atoms with van der Waals surface area (Å²) in [7, 11) is 2.08. The lowest BCUT2D eigenvalue weighted by Gasteiger charge is -2.35. The molecule has 1 rings (SSSR count). The first-order valence-corrected chi connectivity index (χ1v) is 7.01. The van der Waals surface area contributed by atoms with E-state index in [0.29, 0.717) is 28.5 Å². The van der Waals surface area contributed by atoms with Crippen LogP contribution in [0.15, 0.2) is 18.2 Å². The highest BCUT2D eigenvalue weighted by Gasteiger charge is 2.24. The fraction of sp³-hybridized carbons (Fsp3) is 0.571. The van der Waals surface area contributed by atoms with Gasteiger partial charge in [0, 0.05) is 18.6 Å². The van der Waals surface area contributed by atoms with Gasteiger partial charge in [0.05, 0.1) is 10.0 Å². The molecule has 1 aromatic rings. The van der Waals surface area contributed by atoms with Crippen molar-refractivity contribution < 1.29 is 0 Å². The van der Waals surface area contributed by atoms with Crippen LogP contribution in [0.25, 0.3) is 0 Å². The van der Waals surface area contributed by atoms with Gasteiger partial charge in [-0.1, -0.05) is 49.2 Å². The zero-order chi connectivity index (χ0) is 13.9. The largest absolute Gasteiger partial charge is 0.329 e. The van der Waals surface area contributed by atoms with Crippen molar-refractivity contribution in [3.63, 3.8) is 0 Å². The standard InChI is InChI=1S/C14H22Cl2N2/c1-9(2)10(3)18(4)13(8-17)11-6-5-7-12(15)14(11)16/h5-7,9-10,13H,8,17H2,1-4H3. The number of halogens is 2. The van der Waals surface area contributed by atoms with E-state index in [1.54, 1.807) is 6.07 Å². The topological polar surface area (TPSA) is 29.3 Å². The molecule has 0 radical (unpaired) electrons. The maximum atomic E-state index is 6.28. The molecular formula is C14H22Cl2N2. The average Bonchev–Trinajstić information content (AvgIpc) is 2.34. The van der Waals surface area contributed by atoms with Crippen LogP contribution in [0.3, 0.4) is 0 Å². The van der Waals surface area contributed by atoms with Crippen LogP contribution in [0.4, 0.5) is 0 Å². The van der Waals surface area contributed by atoms with Crippen LogP contribution in [0.1, 0.15) is 32.4 Å². The molecule has 18 heavy (non-hydrogen) atoms. The number of hydrogen-bond acceptors (Lipinski definition) is 2.